The first-order valence-electron chi connectivity index (χ1n) is 8.08. The maximum atomic E-state index is 12.0. The third kappa shape index (κ3) is 4.86. The molecule has 2 heterocycles. The molecule has 0 bridgehead atoms. The summed E-state index contributed by atoms with van der Waals surface area (Å²) in [6.45, 7) is 4.05. The zero-order valence-corrected chi connectivity index (χ0v) is 15.9. The van der Waals surface area contributed by atoms with Crippen molar-refractivity contribution < 1.29 is 9.21 Å². The van der Waals surface area contributed by atoms with Gasteiger partial charge < -0.3 is 4.42 Å². The molecule has 0 aliphatic carbocycles. The SMILES string of the molecule is CC(C)n1ccc(-c2nnc(NC(=O)CCSc3ccc(Cl)cc3)o2)n1. The van der Waals surface area contributed by atoms with Crippen LogP contribution in [0.2, 0.25) is 5.02 Å². The molecule has 0 radical (unpaired) electrons. The lowest BCUT2D eigenvalue weighted by molar-refractivity contribution is -0.115. The van der Waals surface area contributed by atoms with Gasteiger partial charge in [0.05, 0.1) is 0 Å². The van der Waals surface area contributed by atoms with Crippen LogP contribution >= 0.6 is 23.4 Å². The van der Waals surface area contributed by atoms with Crippen molar-refractivity contribution in [3.05, 3.63) is 41.6 Å². The van der Waals surface area contributed by atoms with Crippen LogP contribution in [0, 0.1) is 0 Å². The minimum Gasteiger partial charge on any atom is -0.401 e. The number of carbonyl (C=O) groups is 1. The van der Waals surface area contributed by atoms with E-state index in [1.807, 2.05) is 44.3 Å². The Morgan fingerprint density at radius 1 is 1.27 bits per heavy atom. The van der Waals surface area contributed by atoms with Gasteiger partial charge in [-0.1, -0.05) is 16.7 Å². The maximum absolute atomic E-state index is 12.0. The van der Waals surface area contributed by atoms with Crippen molar-refractivity contribution >= 4 is 35.3 Å². The number of amides is 1. The molecule has 9 heteroatoms. The first-order chi connectivity index (χ1) is 12.5. The average molecular weight is 392 g/mol. The Morgan fingerprint density at radius 2 is 2.04 bits per heavy atom. The monoisotopic (exact) mass is 391 g/mol. The van der Waals surface area contributed by atoms with E-state index in [1.54, 1.807) is 22.5 Å². The number of rotatable bonds is 7. The fraction of sp³-hybridized carbons (Fsp3) is 0.294. The van der Waals surface area contributed by atoms with Gasteiger partial charge in [0.2, 0.25) is 5.91 Å². The van der Waals surface area contributed by atoms with Gasteiger partial charge in [0.15, 0.2) is 0 Å². The lowest BCUT2D eigenvalue weighted by Gasteiger charge is -2.02. The predicted octanol–water partition coefficient (Wildman–Crippen LogP) is 4.29. The molecular formula is C17H18ClN5O2S. The summed E-state index contributed by atoms with van der Waals surface area (Å²) in [5.74, 6) is 0.720. The first-order valence-corrected chi connectivity index (χ1v) is 9.45. The second-order valence-electron chi connectivity index (χ2n) is 5.79. The number of hydrogen-bond donors (Lipinski definition) is 1. The van der Waals surface area contributed by atoms with Crippen molar-refractivity contribution in [1.82, 2.24) is 20.0 Å². The van der Waals surface area contributed by atoms with E-state index >= 15 is 0 Å². The molecule has 1 amide bonds. The van der Waals surface area contributed by atoms with Crippen molar-refractivity contribution in [1.29, 1.82) is 0 Å². The van der Waals surface area contributed by atoms with E-state index in [9.17, 15) is 4.79 Å². The molecule has 0 saturated heterocycles. The highest BCUT2D eigenvalue weighted by molar-refractivity contribution is 7.99. The van der Waals surface area contributed by atoms with Crippen molar-refractivity contribution in [3.63, 3.8) is 0 Å². The number of nitrogens with one attached hydrogen (secondary N) is 1. The van der Waals surface area contributed by atoms with Gasteiger partial charge in [0, 0.05) is 34.3 Å². The van der Waals surface area contributed by atoms with Crippen LogP contribution in [0.25, 0.3) is 11.6 Å². The highest BCUT2D eigenvalue weighted by Gasteiger charge is 2.14. The minimum absolute atomic E-state index is 0.0700. The van der Waals surface area contributed by atoms with Crippen LogP contribution in [0.5, 0.6) is 0 Å². The first kappa shape index (κ1) is 18.5. The van der Waals surface area contributed by atoms with Crippen molar-refractivity contribution in [3.8, 4) is 11.6 Å². The molecule has 1 aromatic carbocycles. The summed E-state index contributed by atoms with van der Waals surface area (Å²) in [6.07, 6.45) is 2.17. The topological polar surface area (TPSA) is 85.8 Å². The quantitative estimate of drug-likeness (QED) is 0.604. The summed E-state index contributed by atoms with van der Waals surface area (Å²) in [5, 5.41) is 15.4. The smallest absolute Gasteiger partial charge is 0.322 e. The summed E-state index contributed by atoms with van der Waals surface area (Å²) in [4.78, 5) is 13.1. The minimum atomic E-state index is -0.186. The molecule has 0 fully saturated rings. The average Bonchev–Trinajstić information content (AvgIpc) is 3.26. The van der Waals surface area contributed by atoms with Gasteiger partial charge in [0.25, 0.3) is 5.89 Å². The number of hydrogen-bond acceptors (Lipinski definition) is 6. The van der Waals surface area contributed by atoms with Gasteiger partial charge in [-0.25, -0.2) is 0 Å². The zero-order chi connectivity index (χ0) is 18.5. The van der Waals surface area contributed by atoms with Gasteiger partial charge in [0.1, 0.15) is 5.69 Å². The molecule has 136 valence electrons. The molecule has 0 aliphatic rings. The third-order valence-corrected chi connectivity index (χ3v) is 4.71. The number of benzene rings is 1. The van der Waals surface area contributed by atoms with E-state index < -0.39 is 0 Å². The highest BCUT2D eigenvalue weighted by Crippen LogP contribution is 2.22. The van der Waals surface area contributed by atoms with Crippen LogP contribution in [0.1, 0.15) is 26.3 Å². The van der Waals surface area contributed by atoms with Crippen LogP contribution in [0.3, 0.4) is 0 Å². The molecule has 0 unspecified atom stereocenters. The van der Waals surface area contributed by atoms with E-state index in [0.717, 1.165) is 4.90 Å². The molecule has 2 aromatic heterocycles. The summed E-state index contributed by atoms with van der Waals surface area (Å²) in [5.41, 5.74) is 0.574. The summed E-state index contributed by atoms with van der Waals surface area (Å²) in [6, 6.07) is 9.60. The standard InChI is InChI=1S/C17H18ClN5O2S/c1-11(2)23-9-7-14(22-23)16-20-21-17(25-16)19-15(24)8-10-26-13-5-3-12(18)4-6-13/h3-7,9,11H,8,10H2,1-2H3,(H,19,21,24). The Hall–Kier alpha value is -2.32. The number of carbonyl (C=O) groups excluding carboxylic acids is 1. The Kier molecular flexibility index (Phi) is 5.95. The number of anilines is 1. The Bertz CT molecular complexity index is 875. The van der Waals surface area contributed by atoms with Gasteiger partial charge in [-0.05, 0) is 44.2 Å². The van der Waals surface area contributed by atoms with Crippen molar-refractivity contribution in [2.45, 2.75) is 31.2 Å². The van der Waals surface area contributed by atoms with Gasteiger partial charge >= 0.3 is 6.01 Å². The van der Waals surface area contributed by atoms with Crippen LogP contribution in [0.15, 0.2) is 45.8 Å². The van der Waals surface area contributed by atoms with Crippen LogP contribution in [-0.2, 0) is 4.79 Å². The Morgan fingerprint density at radius 3 is 2.73 bits per heavy atom. The second-order valence-corrected chi connectivity index (χ2v) is 7.39. The van der Waals surface area contributed by atoms with Crippen LogP contribution in [0.4, 0.5) is 6.01 Å². The Balaban J connectivity index is 1.50. The Labute approximate surface area is 160 Å². The molecule has 26 heavy (non-hydrogen) atoms. The normalized spacial score (nSPS) is 11.1. The lowest BCUT2D eigenvalue weighted by atomic mass is 10.4. The largest absolute Gasteiger partial charge is 0.401 e. The van der Waals surface area contributed by atoms with Crippen LogP contribution in [-0.4, -0.2) is 31.6 Å². The summed E-state index contributed by atoms with van der Waals surface area (Å²) in [7, 11) is 0. The van der Waals surface area contributed by atoms with Gasteiger partial charge in [-0.2, -0.15) is 5.10 Å². The molecule has 0 atom stereocenters. The molecule has 3 rings (SSSR count). The second kappa shape index (κ2) is 8.37. The highest BCUT2D eigenvalue weighted by atomic mass is 35.5. The molecule has 0 aliphatic heterocycles. The van der Waals surface area contributed by atoms with E-state index in [4.69, 9.17) is 16.0 Å². The van der Waals surface area contributed by atoms with Crippen molar-refractivity contribution in [2.75, 3.05) is 11.1 Å². The third-order valence-electron chi connectivity index (χ3n) is 3.44. The fourth-order valence-electron chi connectivity index (χ4n) is 2.09. The predicted molar refractivity (Wildman–Crippen MR) is 101 cm³/mol. The van der Waals surface area contributed by atoms with E-state index in [1.165, 1.54) is 0 Å². The van der Waals surface area contributed by atoms with Crippen molar-refractivity contribution in [2.24, 2.45) is 0 Å². The maximum Gasteiger partial charge on any atom is 0.322 e. The summed E-state index contributed by atoms with van der Waals surface area (Å²) >= 11 is 7.42. The molecule has 7 nitrogen and oxygen atoms in total. The fourth-order valence-corrected chi connectivity index (χ4v) is 3.07. The molecule has 3 aromatic rings. The molecule has 1 N–H and O–H groups in total. The van der Waals surface area contributed by atoms with E-state index in [2.05, 4.69) is 20.6 Å². The number of nitrogens with zero attached hydrogens (tertiary/aromatic N) is 4. The lowest BCUT2D eigenvalue weighted by Crippen LogP contribution is -2.12. The van der Waals surface area contributed by atoms with Gasteiger partial charge in [-0.15, -0.1) is 16.9 Å². The van der Waals surface area contributed by atoms with E-state index in [0.29, 0.717) is 22.9 Å². The molecular weight excluding hydrogens is 374 g/mol. The number of aromatic nitrogens is 4. The van der Waals surface area contributed by atoms with E-state index in [-0.39, 0.29) is 23.9 Å². The molecule has 0 spiro atoms. The number of thioether (sulfide) groups is 1. The number of halogens is 1. The zero-order valence-electron chi connectivity index (χ0n) is 14.3. The summed E-state index contributed by atoms with van der Waals surface area (Å²) < 4.78 is 7.26. The van der Waals surface area contributed by atoms with Crippen LogP contribution < -0.4 is 5.32 Å². The van der Waals surface area contributed by atoms with Gasteiger partial charge in [-0.3, -0.25) is 14.8 Å². The molecule has 0 saturated carbocycles.